The van der Waals surface area contributed by atoms with E-state index in [1.165, 1.54) is 13.2 Å². The number of carbonyl (C=O) groups is 1. The van der Waals surface area contributed by atoms with Gasteiger partial charge in [-0.25, -0.2) is 9.18 Å². The second-order valence-corrected chi connectivity index (χ2v) is 4.72. The fourth-order valence-corrected chi connectivity index (χ4v) is 1.84. The first-order valence-corrected chi connectivity index (χ1v) is 5.93. The Labute approximate surface area is 112 Å². The van der Waals surface area contributed by atoms with Crippen molar-refractivity contribution in [1.29, 1.82) is 0 Å². The molecule has 0 amide bonds. The highest BCUT2D eigenvalue weighted by Crippen LogP contribution is 2.23. The van der Waals surface area contributed by atoms with Gasteiger partial charge in [0.15, 0.2) is 0 Å². The third-order valence-electron chi connectivity index (χ3n) is 2.59. The maximum absolute atomic E-state index is 13.8. The molecule has 1 unspecified atom stereocenters. The number of benzene rings is 1. The van der Waals surface area contributed by atoms with Crippen LogP contribution in [0, 0.1) is 5.82 Å². The van der Waals surface area contributed by atoms with Gasteiger partial charge in [0.05, 0.1) is 18.4 Å². The maximum atomic E-state index is 13.8. The molecule has 6 heteroatoms. The first kappa shape index (κ1) is 15.2. The van der Waals surface area contributed by atoms with Crippen molar-refractivity contribution < 1.29 is 13.9 Å². The standard InChI is InChI=1S/C13H20FN3O2/c1-8(7-17(2)3)16-12-5-9(13(18)19-4)11(15)6-10(12)14/h5-6,8,16H,7,15H2,1-4H3. The van der Waals surface area contributed by atoms with Crippen LogP contribution in [-0.2, 0) is 4.74 Å². The molecule has 5 nitrogen and oxygen atoms in total. The summed E-state index contributed by atoms with van der Waals surface area (Å²) in [4.78, 5) is 13.5. The molecule has 1 aromatic rings. The van der Waals surface area contributed by atoms with Crippen LogP contribution in [0.1, 0.15) is 17.3 Å². The van der Waals surface area contributed by atoms with Crippen molar-refractivity contribution >= 4 is 17.3 Å². The Morgan fingerprint density at radius 2 is 2.16 bits per heavy atom. The number of rotatable bonds is 5. The summed E-state index contributed by atoms with van der Waals surface area (Å²) in [6.07, 6.45) is 0. The molecule has 1 aromatic carbocycles. The van der Waals surface area contributed by atoms with Gasteiger partial charge in [0.25, 0.3) is 0 Å². The summed E-state index contributed by atoms with van der Waals surface area (Å²) in [6, 6.07) is 2.53. The molecule has 0 aliphatic heterocycles. The summed E-state index contributed by atoms with van der Waals surface area (Å²) in [6.45, 7) is 2.66. The third kappa shape index (κ3) is 4.10. The topological polar surface area (TPSA) is 67.6 Å². The number of nitrogen functional groups attached to an aromatic ring is 1. The Kier molecular flexibility index (Phi) is 5.11. The van der Waals surface area contributed by atoms with Crippen molar-refractivity contribution in [3.05, 3.63) is 23.5 Å². The molecule has 0 spiro atoms. The van der Waals surface area contributed by atoms with Crippen molar-refractivity contribution in [3.8, 4) is 0 Å². The molecule has 0 bridgehead atoms. The van der Waals surface area contributed by atoms with Gasteiger partial charge in [-0.1, -0.05) is 0 Å². The van der Waals surface area contributed by atoms with Crippen LogP contribution in [-0.4, -0.2) is 44.7 Å². The molecule has 1 atom stereocenters. The molecule has 0 aliphatic carbocycles. The Balaban J connectivity index is 2.98. The van der Waals surface area contributed by atoms with Gasteiger partial charge in [0.1, 0.15) is 5.82 Å². The smallest absolute Gasteiger partial charge is 0.340 e. The van der Waals surface area contributed by atoms with Crippen LogP contribution in [0.2, 0.25) is 0 Å². The largest absolute Gasteiger partial charge is 0.465 e. The number of hydrogen-bond acceptors (Lipinski definition) is 5. The van der Waals surface area contributed by atoms with E-state index in [-0.39, 0.29) is 23.0 Å². The summed E-state index contributed by atoms with van der Waals surface area (Å²) in [5.41, 5.74) is 6.06. The van der Waals surface area contributed by atoms with Gasteiger partial charge >= 0.3 is 5.97 Å². The van der Waals surface area contributed by atoms with Gasteiger partial charge in [-0.3, -0.25) is 0 Å². The average molecular weight is 269 g/mol. The number of nitrogens with two attached hydrogens (primary N) is 1. The van der Waals surface area contributed by atoms with Crippen molar-refractivity contribution in [3.63, 3.8) is 0 Å². The number of nitrogens with zero attached hydrogens (tertiary/aromatic N) is 1. The lowest BCUT2D eigenvalue weighted by Gasteiger charge is -2.20. The normalized spacial score (nSPS) is 12.3. The molecule has 19 heavy (non-hydrogen) atoms. The SMILES string of the molecule is COC(=O)c1cc(NC(C)CN(C)C)c(F)cc1N. The lowest BCUT2D eigenvalue weighted by Crippen LogP contribution is -2.30. The Hall–Kier alpha value is -1.82. The number of hydrogen-bond donors (Lipinski definition) is 2. The zero-order valence-electron chi connectivity index (χ0n) is 11.7. The minimum absolute atomic E-state index is 0.0265. The van der Waals surface area contributed by atoms with Crippen molar-refractivity contribution in [2.75, 3.05) is 38.8 Å². The molecular weight excluding hydrogens is 249 g/mol. The number of ether oxygens (including phenoxy) is 1. The highest BCUT2D eigenvalue weighted by Gasteiger charge is 2.15. The molecule has 0 fully saturated rings. The summed E-state index contributed by atoms with van der Waals surface area (Å²) in [5.74, 6) is -1.07. The second kappa shape index (κ2) is 6.38. The summed E-state index contributed by atoms with van der Waals surface area (Å²) >= 11 is 0. The fourth-order valence-electron chi connectivity index (χ4n) is 1.84. The van der Waals surface area contributed by atoms with E-state index < -0.39 is 11.8 Å². The van der Waals surface area contributed by atoms with E-state index in [0.29, 0.717) is 0 Å². The first-order chi connectivity index (χ1) is 8.85. The number of methoxy groups -OCH3 is 1. The molecule has 0 heterocycles. The molecule has 0 saturated carbocycles. The van der Waals surface area contributed by atoms with Crippen LogP contribution >= 0.6 is 0 Å². The van der Waals surface area contributed by atoms with E-state index in [2.05, 4.69) is 10.1 Å². The number of anilines is 2. The summed E-state index contributed by atoms with van der Waals surface area (Å²) in [5, 5.41) is 3.01. The number of esters is 1. The predicted octanol–water partition coefficient (Wildman–Crippen LogP) is 1.56. The molecule has 0 aromatic heterocycles. The molecule has 0 aliphatic rings. The minimum Gasteiger partial charge on any atom is -0.465 e. The van der Waals surface area contributed by atoms with Crippen LogP contribution < -0.4 is 11.1 Å². The summed E-state index contributed by atoms with van der Waals surface area (Å²) < 4.78 is 18.4. The lowest BCUT2D eigenvalue weighted by molar-refractivity contribution is 0.0602. The average Bonchev–Trinajstić information content (AvgIpc) is 2.30. The zero-order valence-corrected chi connectivity index (χ0v) is 11.7. The highest BCUT2D eigenvalue weighted by atomic mass is 19.1. The Bertz CT molecular complexity index is 463. The lowest BCUT2D eigenvalue weighted by atomic mass is 10.1. The predicted molar refractivity (Wildman–Crippen MR) is 73.8 cm³/mol. The van der Waals surface area contributed by atoms with Gasteiger partial charge in [-0.15, -0.1) is 0 Å². The number of halogens is 1. The Morgan fingerprint density at radius 1 is 1.53 bits per heavy atom. The van der Waals surface area contributed by atoms with Crippen LogP contribution in [0.5, 0.6) is 0 Å². The van der Waals surface area contributed by atoms with Crippen LogP contribution in [0.3, 0.4) is 0 Å². The molecule has 106 valence electrons. The Morgan fingerprint density at radius 3 is 2.68 bits per heavy atom. The van der Waals surface area contributed by atoms with Gasteiger partial charge in [0, 0.05) is 18.3 Å². The van der Waals surface area contributed by atoms with Crippen LogP contribution in [0.4, 0.5) is 15.8 Å². The highest BCUT2D eigenvalue weighted by molar-refractivity contribution is 5.96. The van der Waals surface area contributed by atoms with Gasteiger partial charge in [-0.05, 0) is 33.2 Å². The van der Waals surface area contributed by atoms with Crippen molar-refractivity contribution in [2.45, 2.75) is 13.0 Å². The third-order valence-corrected chi connectivity index (χ3v) is 2.59. The molecule has 0 saturated heterocycles. The van der Waals surface area contributed by atoms with E-state index in [9.17, 15) is 9.18 Å². The van der Waals surface area contributed by atoms with E-state index in [1.54, 1.807) is 0 Å². The van der Waals surface area contributed by atoms with E-state index in [0.717, 1.165) is 12.6 Å². The van der Waals surface area contributed by atoms with Crippen molar-refractivity contribution in [2.24, 2.45) is 0 Å². The van der Waals surface area contributed by atoms with Gasteiger partial charge < -0.3 is 20.7 Å². The fraction of sp³-hybridized carbons (Fsp3) is 0.462. The van der Waals surface area contributed by atoms with Crippen LogP contribution in [0.25, 0.3) is 0 Å². The number of likely N-dealkylation sites (N-methyl/N-ethyl adjacent to an activating group) is 1. The molecule has 1 rings (SSSR count). The minimum atomic E-state index is -0.583. The summed E-state index contributed by atoms with van der Waals surface area (Å²) in [7, 11) is 5.11. The second-order valence-electron chi connectivity index (χ2n) is 4.72. The van der Waals surface area contributed by atoms with E-state index in [1.807, 2.05) is 25.9 Å². The quantitative estimate of drug-likeness (QED) is 0.627. The van der Waals surface area contributed by atoms with Gasteiger partial charge in [-0.2, -0.15) is 0 Å². The monoisotopic (exact) mass is 269 g/mol. The van der Waals surface area contributed by atoms with Gasteiger partial charge in [0.2, 0.25) is 0 Å². The van der Waals surface area contributed by atoms with Crippen LogP contribution in [0.15, 0.2) is 12.1 Å². The zero-order chi connectivity index (χ0) is 14.6. The van der Waals surface area contributed by atoms with Crippen molar-refractivity contribution in [1.82, 2.24) is 4.90 Å². The van der Waals surface area contributed by atoms with E-state index >= 15 is 0 Å². The number of carbonyl (C=O) groups excluding carboxylic acids is 1. The maximum Gasteiger partial charge on any atom is 0.340 e. The number of nitrogens with one attached hydrogen (secondary N) is 1. The molecule has 0 radical (unpaired) electrons. The molecular formula is C13H20FN3O2. The molecule has 3 N–H and O–H groups in total. The van der Waals surface area contributed by atoms with E-state index in [4.69, 9.17) is 5.73 Å². The first-order valence-electron chi connectivity index (χ1n) is 5.93.